The topological polar surface area (TPSA) is 71.9 Å². The fourth-order valence-electron chi connectivity index (χ4n) is 5.57. The van der Waals surface area contributed by atoms with Crippen molar-refractivity contribution in [1.82, 2.24) is 15.2 Å². The van der Waals surface area contributed by atoms with Crippen LogP contribution in [0.1, 0.15) is 60.9 Å². The minimum absolute atomic E-state index is 0.0109. The molecule has 1 aliphatic heterocycles. The fraction of sp³-hybridized carbons (Fsp3) is 0.379. The van der Waals surface area contributed by atoms with Crippen LogP contribution in [0.3, 0.4) is 0 Å². The average Bonchev–Trinajstić information content (AvgIpc) is 3.29. The van der Waals surface area contributed by atoms with Crippen molar-refractivity contribution in [1.29, 1.82) is 5.26 Å². The number of carbonyl (C=O) groups is 1. The van der Waals surface area contributed by atoms with Crippen molar-refractivity contribution >= 4 is 22.9 Å². The number of para-hydroxylation sites is 1. The fourth-order valence-corrected chi connectivity index (χ4v) is 5.57. The number of H-pyrrole nitrogens is 1. The van der Waals surface area contributed by atoms with Gasteiger partial charge in [0.05, 0.1) is 11.6 Å². The van der Waals surface area contributed by atoms with Crippen molar-refractivity contribution < 1.29 is 4.79 Å². The number of hydrogen-bond acceptors (Lipinski definition) is 3. The van der Waals surface area contributed by atoms with Gasteiger partial charge in [-0.3, -0.25) is 9.69 Å². The lowest BCUT2D eigenvalue weighted by Gasteiger charge is -2.40. The van der Waals surface area contributed by atoms with Gasteiger partial charge >= 0.3 is 0 Å². The number of amides is 1. The lowest BCUT2D eigenvalue weighted by atomic mass is 9.79. The number of aromatic nitrogens is 1. The van der Waals surface area contributed by atoms with Crippen LogP contribution in [0.2, 0.25) is 0 Å². The zero-order valence-electron chi connectivity index (χ0n) is 19.6. The van der Waals surface area contributed by atoms with E-state index in [4.69, 9.17) is 0 Å². The normalized spacial score (nSPS) is 18.0. The average molecular weight is 453 g/mol. The number of rotatable bonds is 6. The van der Waals surface area contributed by atoms with E-state index in [9.17, 15) is 10.1 Å². The van der Waals surface area contributed by atoms with Crippen molar-refractivity contribution in [3.8, 4) is 6.07 Å². The van der Waals surface area contributed by atoms with Crippen LogP contribution in [-0.2, 0) is 17.8 Å². The molecular formula is C29H32N4O. The highest BCUT2D eigenvalue weighted by atomic mass is 16.1. The van der Waals surface area contributed by atoms with Crippen LogP contribution in [0.25, 0.3) is 17.0 Å². The van der Waals surface area contributed by atoms with Crippen LogP contribution in [0.5, 0.6) is 0 Å². The quantitative estimate of drug-likeness (QED) is 0.497. The van der Waals surface area contributed by atoms with Gasteiger partial charge in [0.2, 0.25) is 5.91 Å². The summed E-state index contributed by atoms with van der Waals surface area (Å²) < 4.78 is 0. The third-order valence-corrected chi connectivity index (χ3v) is 7.50. The van der Waals surface area contributed by atoms with Crippen molar-refractivity contribution in [2.45, 2.75) is 57.0 Å². The van der Waals surface area contributed by atoms with Crippen molar-refractivity contribution in [3.05, 3.63) is 77.0 Å². The standard InChI is InChI=1S/C29H32N4O/c30-20-22-8-9-23-12-16-33(21-25(23)18-22)17-15-29(13-4-1-5-14-29)32-28(34)11-10-26-19-24-6-2-3-7-27(24)31-26/h2-3,6-11,18-19,31H,1,4-5,12-17,21H2,(H,32,34)/b11-10+. The largest absolute Gasteiger partial charge is 0.355 e. The Bertz CT molecular complexity index is 1210. The molecule has 174 valence electrons. The third-order valence-electron chi connectivity index (χ3n) is 7.50. The summed E-state index contributed by atoms with van der Waals surface area (Å²) in [7, 11) is 0. The van der Waals surface area contributed by atoms with Crippen LogP contribution >= 0.6 is 0 Å². The van der Waals surface area contributed by atoms with Crippen LogP contribution in [0.4, 0.5) is 0 Å². The lowest BCUT2D eigenvalue weighted by molar-refractivity contribution is -0.118. The van der Waals surface area contributed by atoms with E-state index in [1.807, 2.05) is 36.4 Å². The molecule has 3 aromatic rings. The Morgan fingerprint density at radius 2 is 1.97 bits per heavy atom. The number of nitriles is 1. The molecule has 0 atom stereocenters. The Balaban J connectivity index is 1.22. The molecule has 5 nitrogen and oxygen atoms in total. The Morgan fingerprint density at radius 1 is 1.12 bits per heavy atom. The summed E-state index contributed by atoms with van der Waals surface area (Å²) >= 11 is 0. The second-order valence-corrected chi connectivity index (χ2v) is 9.85. The number of nitrogens with one attached hydrogen (secondary N) is 2. The van der Waals surface area contributed by atoms with Crippen molar-refractivity contribution in [2.75, 3.05) is 13.1 Å². The highest BCUT2D eigenvalue weighted by Gasteiger charge is 2.33. The van der Waals surface area contributed by atoms with Crippen molar-refractivity contribution in [2.24, 2.45) is 0 Å². The second kappa shape index (κ2) is 9.87. The molecule has 2 aliphatic rings. The Hall–Kier alpha value is -3.36. The summed E-state index contributed by atoms with van der Waals surface area (Å²) in [6.45, 7) is 2.88. The van der Waals surface area contributed by atoms with Gasteiger partial charge in [0.15, 0.2) is 0 Å². The molecule has 1 saturated carbocycles. The van der Waals surface area contributed by atoms with E-state index >= 15 is 0 Å². The number of carbonyl (C=O) groups excluding carboxylic acids is 1. The van der Waals surface area contributed by atoms with E-state index < -0.39 is 0 Å². The smallest absolute Gasteiger partial charge is 0.244 e. The van der Waals surface area contributed by atoms with Gasteiger partial charge in [-0.15, -0.1) is 0 Å². The third kappa shape index (κ3) is 5.08. The predicted molar refractivity (Wildman–Crippen MR) is 136 cm³/mol. The molecule has 5 rings (SSSR count). The molecule has 1 aromatic heterocycles. The van der Waals surface area contributed by atoms with E-state index in [0.717, 1.165) is 67.5 Å². The number of aromatic amines is 1. The number of hydrogen-bond donors (Lipinski definition) is 2. The zero-order valence-corrected chi connectivity index (χ0v) is 19.6. The Labute approximate surface area is 201 Å². The summed E-state index contributed by atoms with van der Waals surface area (Å²) in [5, 5.41) is 13.8. The number of benzene rings is 2. The molecular weight excluding hydrogens is 420 g/mol. The maximum absolute atomic E-state index is 12.9. The van der Waals surface area contributed by atoms with E-state index in [0.29, 0.717) is 0 Å². The summed E-state index contributed by atoms with van der Waals surface area (Å²) in [6.07, 6.45) is 11.2. The number of fused-ring (bicyclic) bond motifs is 2. The van der Waals surface area contributed by atoms with Gasteiger partial charge in [-0.05, 0) is 72.5 Å². The molecule has 5 heteroatoms. The van der Waals surface area contributed by atoms with Gasteiger partial charge in [-0.25, -0.2) is 0 Å². The molecule has 2 heterocycles. The molecule has 0 unspecified atom stereocenters. The number of nitrogens with zero attached hydrogens (tertiary/aromatic N) is 2. The summed E-state index contributed by atoms with van der Waals surface area (Å²) in [5.74, 6) is -0.0109. The van der Waals surface area contributed by atoms with Gasteiger partial charge in [0.1, 0.15) is 0 Å². The van der Waals surface area contributed by atoms with E-state index in [2.05, 4.69) is 39.5 Å². The molecule has 1 aliphatic carbocycles. The monoisotopic (exact) mass is 452 g/mol. The van der Waals surface area contributed by atoms with E-state index in [1.165, 1.54) is 30.4 Å². The van der Waals surface area contributed by atoms with Gasteiger partial charge in [-0.1, -0.05) is 43.5 Å². The molecule has 0 bridgehead atoms. The van der Waals surface area contributed by atoms with Crippen LogP contribution in [0.15, 0.2) is 54.6 Å². The van der Waals surface area contributed by atoms with Crippen LogP contribution < -0.4 is 5.32 Å². The van der Waals surface area contributed by atoms with Crippen LogP contribution in [-0.4, -0.2) is 34.4 Å². The van der Waals surface area contributed by atoms with Gasteiger partial charge < -0.3 is 10.3 Å². The minimum Gasteiger partial charge on any atom is -0.355 e. The SMILES string of the molecule is N#Cc1ccc2c(c1)CN(CCC1(NC(=O)/C=C/c3cc4ccccc4[nH]3)CCCCC1)CC2. The molecule has 34 heavy (non-hydrogen) atoms. The maximum Gasteiger partial charge on any atom is 0.244 e. The Kier molecular flexibility index (Phi) is 6.51. The first-order valence-electron chi connectivity index (χ1n) is 12.4. The molecule has 0 saturated heterocycles. The highest BCUT2D eigenvalue weighted by Crippen LogP contribution is 2.32. The summed E-state index contributed by atoms with van der Waals surface area (Å²) in [6, 6.07) is 18.5. The highest BCUT2D eigenvalue weighted by molar-refractivity contribution is 5.93. The first kappa shape index (κ1) is 22.4. The molecule has 2 N–H and O–H groups in total. The minimum atomic E-state index is -0.130. The molecule has 2 aromatic carbocycles. The first-order chi connectivity index (χ1) is 16.6. The molecule has 1 amide bonds. The zero-order chi connectivity index (χ0) is 23.4. The summed E-state index contributed by atoms with van der Waals surface area (Å²) in [4.78, 5) is 18.8. The Morgan fingerprint density at radius 3 is 2.79 bits per heavy atom. The van der Waals surface area contributed by atoms with E-state index in [1.54, 1.807) is 6.08 Å². The molecule has 0 radical (unpaired) electrons. The van der Waals surface area contributed by atoms with Gasteiger partial charge in [0, 0.05) is 42.5 Å². The van der Waals surface area contributed by atoms with Crippen LogP contribution in [0, 0.1) is 11.3 Å². The molecule has 0 spiro atoms. The lowest BCUT2D eigenvalue weighted by Crippen LogP contribution is -2.51. The predicted octanol–water partition coefficient (Wildman–Crippen LogP) is 5.32. The second-order valence-electron chi connectivity index (χ2n) is 9.85. The van der Waals surface area contributed by atoms with E-state index in [-0.39, 0.29) is 11.4 Å². The summed E-state index contributed by atoms with van der Waals surface area (Å²) in [5.41, 5.74) is 5.26. The maximum atomic E-state index is 12.9. The van der Waals surface area contributed by atoms with Gasteiger partial charge in [-0.2, -0.15) is 5.26 Å². The first-order valence-corrected chi connectivity index (χ1v) is 12.4. The van der Waals surface area contributed by atoms with Crippen molar-refractivity contribution in [3.63, 3.8) is 0 Å². The molecule has 1 fully saturated rings. The van der Waals surface area contributed by atoms with Gasteiger partial charge in [0.25, 0.3) is 0 Å².